The standard InChI is InChI=1S/C41H22ClN3OS/c42-33-19-18-31(38-36(33)30-17-15-24-8-3-4-10-28(24)37(30)47-38)41-44-39(26-14-13-23-7-1-2-9-25(23)21-26)43-40(45-41)27-16-20-35-32(22-27)29-11-5-6-12-34(29)46-35/h1-22H. The number of para-hydroxylation sites is 1. The van der Waals surface area contributed by atoms with Crippen molar-refractivity contribution in [2.45, 2.75) is 0 Å². The van der Waals surface area contributed by atoms with Crippen LogP contribution in [0.4, 0.5) is 0 Å². The zero-order valence-electron chi connectivity index (χ0n) is 24.7. The van der Waals surface area contributed by atoms with Crippen molar-refractivity contribution in [1.82, 2.24) is 15.0 Å². The van der Waals surface area contributed by atoms with Crippen LogP contribution in [-0.2, 0) is 0 Å². The fourth-order valence-corrected chi connectivity index (χ4v) is 8.38. The third-order valence-corrected chi connectivity index (χ3v) is 10.6. The molecule has 0 saturated carbocycles. The topological polar surface area (TPSA) is 51.8 Å². The number of thiophene rings is 1. The summed E-state index contributed by atoms with van der Waals surface area (Å²) >= 11 is 8.67. The molecule has 3 aromatic heterocycles. The van der Waals surface area contributed by atoms with Gasteiger partial charge in [0.2, 0.25) is 0 Å². The Bertz CT molecular complexity index is 2890. The summed E-state index contributed by atoms with van der Waals surface area (Å²) in [4.78, 5) is 15.4. The molecule has 47 heavy (non-hydrogen) atoms. The van der Waals surface area contributed by atoms with Gasteiger partial charge in [0.25, 0.3) is 0 Å². The molecule has 0 spiro atoms. The van der Waals surface area contributed by atoms with Crippen LogP contribution in [0.15, 0.2) is 138 Å². The first-order chi connectivity index (χ1) is 23.2. The summed E-state index contributed by atoms with van der Waals surface area (Å²) in [5.41, 5.74) is 4.43. The van der Waals surface area contributed by atoms with E-state index in [0.29, 0.717) is 22.5 Å². The second kappa shape index (κ2) is 10.2. The van der Waals surface area contributed by atoms with E-state index in [2.05, 4.69) is 91.0 Å². The first-order valence-corrected chi connectivity index (χ1v) is 16.6. The molecule has 0 aliphatic carbocycles. The van der Waals surface area contributed by atoms with Crippen molar-refractivity contribution in [3.8, 4) is 34.2 Å². The van der Waals surface area contributed by atoms with Gasteiger partial charge < -0.3 is 4.42 Å². The molecule has 0 radical (unpaired) electrons. The molecule has 7 aromatic carbocycles. The van der Waals surface area contributed by atoms with E-state index in [0.717, 1.165) is 59.5 Å². The van der Waals surface area contributed by atoms with Crippen molar-refractivity contribution < 1.29 is 4.42 Å². The monoisotopic (exact) mass is 639 g/mol. The Balaban J connectivity index is 1.25. The average molecular weight is 640 g/mol. The Kier molecular flexibility index (Phi) is 5.77. The predicted octanol–water partition coefficient (Wildman–Crippen LogP) is 12.1. The van der Waals surface area contributed by atoms with Gasteiger partial charge in [0.1, 0.15) is 11.2 Å². The number of rotatable bonds is 3. The maximum Gasteiger partial charge on any atom is 0.165 e. The summed E-state index contributed by atoms with van der Waals surface area (Å²) in [7, 11) is 0. The Morgan fingerprint density at radius 1 is 0.468 bits per heavy atom. The van der Waals surface area contributed by atoms with Crippen molar-refractivity contribution in [1.29, 1.82) is 0 Å². The van der Waals surface area contributed by atoms with Crippen molar-refractivity contribution in [3.63, 3.8) is 0 Å². The molecule has 0 N–H and O–H groups in total. The number of hydrogen-bond donors (Lipinski definition) is 0. The highest BCUT2D eigenvalue weighted by molar-refractivity contribution is 7.27. The molecule has 0 amide bonds. The average Bonchev–Trinajstić information content (AvgIpc) is 3.71. The van der Waals surface area contributed by atoms with Crippen LogP contribution < -0.4 is 0 Å². The molecule has 0 saturated heterocycles. The lowest BCUT2D eigenvalue weighted by molar-refractivity contribution is 0.669. The van der Waals surface area contributed by atoms with Gasteiger partial charge in [-0.15, -0.1) is 11.3 Å². The molecule has 0 aliphatic heterocycles. The second-order valence-electron chi connectivity index (χ2n) is 11.7. The Labute approximate surface area is 277 Å². The molecule has 10 aromatic rings. The molecule has 0 unspecified atom stereocenters. The Morgan fingerprint density at radius 2 is 1.13 bits per heavy atom. The Morgan fingerprint density at radius 3 is 2.00 bits per heavy atom. The normalized spacial score (nSPS) is 11.9. The summed E-state index contributed by atoms with van der Waals surface area (Å²) in [6.45, 7) is 0. The Hall–Kier alpha value is -5.62. The van der Waals surface area contributed by atoms with Gasteiger partial charge in [0.15, 0.2) is 17.5 Å². The van der Waals surface area contributed by atoms with Gasteiger partial charge in [-0.1, -0.05) is 103 Å². The molecule has 3 heterocycles. The van der Waals surface area contributed by atoms with Crippen LogP contribution in [0.2, 0.25) is 5.02 Å². The molecule has 10 rings (SSSR count). The molecule has 0 aliphatic rings. The fourth-order valence-electron chi connectivity index (χ4n) is 6.69. The molecule has 4 nitrogen and oxygen atoms in total. The van der Waals surface area contributed by atoms with E-state index in [1.165, 1.54) is 20.9 Å². The lowest BCUT2D eigenvalue weighted by Gasteiger charge is -2.10. The van der Waals surface area contributed by atoms with Crippen molar-refractivity contribution in [2.75, 3.05) is 0 Å². The number of hydrogen-bond acceptors (Lipinski definition) is 5. The first kappa shape index (κ1) is 26.6. The van der Waals surface area contributed by atoms with Crippen LogP contribution >= 0.6 is 22.9 Å². The summed E-state index contributed by atoms with van der Waals surface area (Å²) in [6, 6.07) is 45.8. The number of aromatic nitrogens is 3. The highest BCUT2D eigenvalue weighted by atomic mass is 35.5. The minimum atomic E-state index is 0.597. The van der Waals surface area contributed by atoms with E-state index >= 15 is 0 Å². The number of nitrogens with zero attached hydrogens (tertiary/aromatic N) is 3. The molecule has 0 bridgehead atoms. The van der Waals surface area contributed by atoms with Gasteiger partial charge >= 0.3 is 0 Å². The summed E-state index contributed by atoms with van der Waals surface area (Å²) in [5, 5.41) is 9.67. The second-order valence-corrected chi connectivity index (χ2v) is 13.2. The van der Waals surface area contributed by atoms with Crippen LogP contribution in [0.1, 0.15) is 0 Å². The van der Waals surface area contributed by atoms with Crippen molar-refractivity contribution in [3.05, 3.63) is 138 Å². The SMILES string of the molecule is Clc1ccc(-c2nc(-c3ccc4ccccc4c3)nc(-c3ccc4oc5ccccc5c4c3)n2)c2sc3c4ccccc4ccc3c12. The molecule has 0 atom stereocenters. The molecule has 220 valence electrons. The van der Waals surface area contributed by atoms with Gasteiger partial charge in [0, 0.05) is 52.7 Å². The lowest BCUT2D eigenvalue weighted by atomic mass is 10.0. The van der Waals surface area contributed by atoms with E-state index in [-0.39, 0.29) is 0 Å². The van der Waals surface area contributed by atoms with E-state index in [9.17, 15) is 0 Å². The van der Waals surface area contributed by atoms with E-state index in [1.54, 1.807) is 11.3 Å². The maximum atomic E-state index is 6.93. The summed E-state index contributed by atoms with van der Waals surface area (Å²) < 4.78 is 8.38. The highest BCUT2D eigenvalue weighted by Crippen LogP contribution is 2.45. The van der Waals surface area contributed by atoms with Crippen LogP contribution in [0.5, 0.6) is 0 Å². The molecule has 6 heteroatoms. The zero-order valence-corrected chi connectivity index (χ0v) is 26.3. The zero-order chi connectivity index (χ0) is 31.1. The number of benzene rings is 7. The highest BCUT2D eigenvalue weighted by Gasteiger charge is 2.20. The van der Waals surface area contributed by atoms with Gasteiger partial charge in [-0.05, 0) is 64.0 Å². The summed E-state index contributed by atoms with van der Waals surface area (Å²) in [5.74, 6) is 1.82. The number of halogens is 1. The lowest BCUT2D eigenvalue weighted by Crippen LogP contribution is -2.00. The fraction of sp³-hybridized carbons (Fsp3) is 0. The number of furan rings is 1. The van der Waals surface area contributed by atoms with Gasteiger partial charge in [-0.25, -0.2) is 15.0 Å². The third-order valence-electron chi connectivity index (χ3n) is 8.98. The third kappa shape index (κ3) is 4.17. The van der Waals surface area contributed by atoms with Gasteiger partial charge in [-0.2, -0.15) is 0 Å². The first-order valence-electron chi connectivity index (χ1n) is 15.4. The van der Waals surface area contributed by atoms with Crippen LogP contribution in [0.3, 0.4) is 0 Å². The summed E-state index contributed by atoms with van der Waals surface area (Å²) in [6.07, 6.45) is 0. The van der Waals surface area contributed by atoms with Crippen molar-refractivity contribution >= 4 is 86.6 Å². The minimum absolute atomic E-state index is 0.597. The van der Waals surface area contributed by atoms with E-state index in [1.807, 2.05) is 42.5 Å². The maximum absolute atomic E-state index is 6.93. The van der Waals surface area contributed by atoms with Crippen LogP contribution in [-0.4, -0.2) is 15.0 Å². The largest absolute Gasteiger partial charge is 0.456 e. The van der Waals surface area contributed by atoms with Gasteiger partial charge in [0.05, 0.1) is 0 Å². The van der Waals surface area contributed by atoms with E-state index in [4.69, 9.17) is 31.0 Å². The minimum Gasteiger partial charge on any atom is -0.456 e. The van der Waals surface area contributed by atoms with Crippen molar-refractivity contribution in [2.24, 2.45) is 0 Å². The predicted molar refractivity (Wildman–Crippen MR) is 196 cm³/mol. The smallest absolute Gasteiger partial charge is 0.165 e. The van der Waals surface area contributed by atoms with Crippen LogP contribution in [0.25, 0.3) is 97.8 Å². The van der Waals surface area contributed by atoms with Gasteiger partial charge in [-0.3, -0.25) is 0 Å². The quantitative estimate of drug-likeness (QED) is 0.193. The van der Waals surface area contributed by atoms with Crippen LogP contribution in [0, 0.1) is 0 Å². The molecular formula is C41H22ClN3OS. The van der Waals surface area contributed by atoms with E-state index < -0.39 is 0 Å². The molecular weight excluding hydrogens is 618 g/mol. The molecule has 0 fully saturated rings. The number of fused-ring (bicyclic) bond motifs is 9.